The fourth-order valence-electron chi connectivity index (χ4n) is 9.14. The zero-order chi connectivity index (χ0) is 18.0. The maximum Gasteiger partial charge on any atom is 0.311 e. The Kier molecular flexibility index (Phi) is 2.87. The van der Waals surface area contributed by atoms with Gasteiger partial charge in [-0.1, -0.05) is 12.2 Å². The van der Waals surface area contributed by atoms with Crippen molar-refractivity contribution < 1.29 is 9.53 Å². The summed E-state index contributed by atoms with van der Waals surface area (Å²) in [4.78, 5) is 13.0. The van der Waals surface area contributed by atoms with Crippen molar-refractivity contribution in [2.45, 2.75) is 45.6 Å². The first-order chi connectivity index (χ1) is 12.4. The Morgan fingerprint density at radius 3 is 2.08 bits per heavy atom. The molecule has 0 aromatic carbocycles. The van der Waals surface area contributed by atoms with E-state index in [-0.39, 0.29) is 17.8 Å². The molecular formula is C23H29NO2. The normalized spacial score (nSPS) is 57.3. The first kappa shape index (κ1) is 15.7. The number of hydrogen-bond donors (Lipinski definition) is 0. The van der Waals surface area contributed by atoms with Gasteiger partial charge < -0.3 is 4.74 Å². The molecule has 3 nitrogen and oxygen atoms in total. The van der Waals surface area contributed by atoms with E-state index in [2.05, 4.69) is 18.2 Å². The molecule has 0 heterocycles. The summed E-state index contributed by atoms with van der Waals surface area (Å²) in [6.45, 7) is 5.81. The molecule has 6 bridgehead atoms. The molecule has 0 saturated heterocycles. The molecule has 0 radical (unpaired) electrons. The van der Waals surface area contributed by atoms with Crippen LogP contribution in [-0.2, 0) is 9.53 Å². The first-order valence-corrected chi connectivity index (χ1v) is 10.7. The molecule has 0 spiro atoms. The van der Waals surface area contributed by atoms with Gasteiger partial charge in [-0.3, -0.25) is 4.79 Å². The van der Waals surface area contributed by atoms with Crippen molar-refractivity contribution in [3.8, 4) is 6.07 Å². The van der Waals surface area contributed by atoms with Gasteiger partial charge in [-0.2, -0.15) is 5.26 Å². The van der Waals surface area contributed by atoms with Gasteiger partial charge in [0.2, 0.25) is 0 Å². The van der Waals surface area contributed by atoms with Crippen LogP contribution in [-0.4, -0.2) is 11.6 Å². The van der Waals surface area contributed by atoms with Gasteiger partial charge in [0.25, 0.3) is 0 Å². The monoisotopic (exact) mass is 351 g/mol. The lowest BCUT2D eigenvalue weighted by Crippen LogP contribution is -2.47. The number of fused-ring (bicyclic) bond motifs is 16. The second kappa shape index (κ2) is 4.75. The number of nitrogens with zero attached hydrogens (tertiary/aromatic N) is 1. The highest BCUT2D eigenvalue weighted by molar-refractivity contribution is 5.75. The van der Waals surface area contributed by atoms with E-state index in [1.807, 2.05) is 20.8 Å². The van der Waals surface area contributed by atoms with Crippen LogP contribution in [0.2, 0.25) is 0 Å². The van der Waals surface area contributed by atoms with Crippen molar-refractivity contribution in [2.75, 3.05) is 0 Å². The second-order valence-corrected chi connectivity index (χ2v) is 11.1. The summed E-state index contributed by atoms with van der Waals surface area (Å²) in [5, 5.41) is 9.92. The topological polar surface area (TPSA) is 50.1 Å². The van der Waals surface area contributed by atoms with Crippen molar-refractivity contribution in [3.05, 3.63) is 12.2 Å². The fraction of sp³-hybridized carbons (Fsp3) is 0.826. The van der Waals surface area contributed by atoms with Crippen LogP contribution in [0.1, 0.15) is 40.0 Å². The van der Waals surface area contributed by atoms with Crippen LogP contribution in [0.25, 0.3) is 0 Å². The Balaban J connectivity index is 1.34. The molecule has 6 aliphatic rings. The summed E-state index contributed by atoms with van der Waals surface area (Å²) in [7, 11) is 0. The molecule has 0 amide bonds. The minimum atomic E-state index is -0.465. The van der Waals surface area contributed by atoms with Gasteiger partial charge in [-0.25, -0.2) is 0 Å². The number of rotatable bonds is 1. The third-order valence-corrected chi connectivity index (χ3v) is 9.22. The van der Waals surface area contributed by atoms with Gasteiger partial charge in [0.15, 0.2) is 0 Å². The summed E-state index contributed by atoms with van der Waals surface area (Å²) >= 11 is 0. The molecule has 3 heteroatoms. The minimum absolute atomic E-state index is 0.0952. The van der Waals surface area contributed by atoms with Crippen molar-refractivity contribution in [1.82, 2.24) is 0 Å². The SMILES string of the molecule is CC(C)(C)OC(=O)C1C(C#N)C2CC1C1C3CC(C4C5C=CC(C5)C34)C21. The van der Waals surface area contributed by atoms with Crippen molar-refractivity contribution in [2.24, 2.45) is 71.0 Å². The lowest BCUT2D eigenvalue weighted by Gasteiger charge is -2.46. The third-order valence-electron chi connectivity index (χ3n) is 9.22. The highest BCUT2D eigenvalue weighted by Crippen LogP contribution is 2.77. The number of ether oxygens (including phenoxy) is 1. The summed E-state index contributed by atoms with van der Waals surface area (Å²) in [5.41, 5.74) is -0.465. The average molecular weight is 351 g/mol. The molecule has 5 fully saturated rings. The van der Waals surface area contributed by atoms with Crippen LogP contribution in [0.3, 0.4) is 0 Å². The van der Waals surface area contributed by atoms with E-state index >= 15 is 0 Å². The maximum absolute atomic E-state index is 13.0. The predicted molar refractivity (Wildman–Crippen MR) is 96.3 cm³/mol. The molecule has 0 aromatic rings. The van der Waals surface area contributed by atoms with E-state index in [1.165, 1.54) is 12.8 Å². The van der Waals surface area contributed by atoms with Gasteiger partial charge in [0, 0.05) is 0 Å². The van der Waals surface area contributed by atoms with E-state index < -0.39 is 5.60 Å². The van der Waals surface area contributed by atoms with E-state index in [1.54, 1.807) is 0 Å². The van der Waals surface area contributed by atoms with Crippen LogP contribution in [0.4, 0.5) is 0 Å². The zero-order valence-electron chi connectivity index (χ0n) is 16.0. The minimum Gasteiger partial charge on any atom is -0.460 e. The molecular weight excluding hydrogens is 322 g/mol. The number of carbonyl (C=O) groups is 1. The highest BCUT2D eigenvalue weighted by atomic mass is 16.6. The molecule has 0 aliphatic heterocycles. The summed E-state index contributed by atoms with van der Waals surface area (Å²) < 4.78 is 5.77. The number of allylic oxidation sites excluding steroid dienone is 2. The Hall–Kier alpha value is -1.30. The average Bonchev–Trinajstić information content (AvgIpc) is 3.37. The highest BCUT2D eigenvalue weighted by Gasteiger charge is 2.73. The molecule has 5 saturated carbocycles. The Morgan fingerprint density at radius 1 is 0.923 bits per heavy atom. The molecule has 12 unspecified atom stereocenters. The molecule has 0 aromatic heterocycles. The van der Waals surface area contributed by atoms with Crippen LogP contribution in [0.5, 0.6) is 0 Å². The van der Waals surface area contributed by atoms with Gasteiger partial charge in [0.1, 0.15) is 5.60 Å². The third kappa shape index (κ3) is 1.73. The summed E-state index contributed by atoms with van der Waals surface area (Å²) in [6.07, 6.45) is 8.87. The van der Waals surface area contributed by atoms with Crippen molar-refractivity contribution in [3.63, 3.8) is 0 Å². The Morgan fingerprint density at radius 2 is 1.50 bits per heavy atom. The van der Waals surface area contributed by atoms with Crippen LogP contribution in [0.15, 0.2) is 12.2 Å². The lowest BCUT2D eigenvalue weighted by molar-refractivity contribution is -0.165. The molecule has 138 valence electrons. The van der Waals surface area contributed by atoms with E-state index in [4.69, 9.17) is 4.74 Å². The second-order valence-electron chi connectivity index (χ2n) is 11.1. The molecule has 12 atom stereocenters. The van der Waals surface area contributed by atoms with E-state index in [0.717, 1.165) is 47.8 Å². The number of esters is 1. The van der Waals surface area contributed by atoms with E-state index in [0.29, 0.717) is 17.8 Å². The van der Waals surface area contributed by atoms with Crippen LogP contribution >= 0.6 is 0 Å². The predicted octanol–water partition coefficient (Wildman–Crippen LogP) is 4.05. The maximum atomic E-state index is 13.0. The number of carbonyl (C=O) groups excluding carboxylic acids is 1. The first-order valence-electron chi connectivity index (χ1n) is 10.7. The molecule has 0 N–H and O–H groups in total. The Labute approximate surface area is 156 Å². The van der Waals surface area contributed by atoms with Gasteiger partial charge >= 0.3 is 5.97 Å². The van der Waals surface area contributed by atoms with Gasteiger partial charge in [-0.05, 0) is 99.2 Å². The summed E-state index contributed by atoms with van der Waals surface area (Å²) in [6, 6.07) is 2.56. The Bertz CT molecular complexity index is 742. The lowest BCUT2D eigenvalue weighted by atomic mass is 9.57. The van der Waals surface area contributed by atoms with Crippen LogP contribution < -0.4 is 0 Å². The molecule has 6 aliphatic carbocycles. The molecule has 26 heavy (non-hydrogen) atoms. The standard InChI is InChI=1S/C23H29NO2/c1-23(2,3)26-22(25)21-15-7-12(16(21)9-24)19-13-8-14(20(15)19)18-11-5-4-10(6-11)17(13)18/h4-5,10-21H,6-8H2,1-3H3. The van der Waals surface area contributed by atoms with Gasteiger partial charge in [-0.15, -0.1) is 0 Å². The number of hydrogen-bond acceptors (Lipinski definition) is 3. The quantitative estimate of drug-likeness (QED) is 0.407. The van der Waals surface area contributed by atoms with Crippen LogP contribution in [0, 0.1) is 82.3 Å². The fourth-order valence-corrected chi connectivity index (χ4v) is 9.14. The summed E-state index contributed by atoms with van der Waals surface area (Å²) in [5.74, 6) is 6.97. The largest absolute Gasteiger partial charge is 0.460 e. The number of nitriles is 1. The molecule has 6 rings (SSSR count). The van der Waals surface area contributed by atoms with Crippen molar-refractivity contribution >= 4 is 5.97 Å². The van der Waals surface area contributed by atoms with Gasteiger partial charge in [0.05, 0.1) is 17.9 Å². The zero-order valence-corrected chi connectivity index (χ0v) is 16.0. The van der Waals surface area contributed by atoms with E-state index in [9.17, 15) is 10.1 Å². The smallest absolute Gasteiger partial charge is 0.311 e. The van der Waals surface area contributed by atoms with Crippen molar-refractivity contribution in [1.29, 1.82) is 5.26 Å².